The summed E-state index contributed by atoms with van der Waals surface area (Å²) in [4.78, 5) is 27.9. The number of carbonyl (C=O) groups excluding carboxylic acids is 2. The second-order valence-electron chi connectivity index (χ2n) is 7.53. The molecule has 1 atom stereocenters. The molecule has 0 radical (unpaired) electrons. The van der Waals surface area contributed by atoms with E-state index in [0.717, 1.165) is 11.1 Å². The number of halogens is 2. The standard InChI is InChI=1S/C26H26Cl2N2O4/c1-29-26(32)22(15-18-8-4-3-5-9-18)30(16-19-12-13-20(27)21(28)14-19)25(31)17-34-24-11-7-6-10-23(24)33-2/h3-14,22H,15-17H2,1-2H3,(H,29,32)/t22-/m0/s1. The third-order valence-corrected chi connectivity index (χ3v) is 6.01. The number of carbonyl (C=O) groups is 2. The molecule has 0 saturated carbocycles. The average Bonchev–Trinajstić information content (AvgIpc) is 2.87. The zero-order valence-corrected chi connectivity index (χ0v) is 20.5. The number of nitrogens with zero attached hydrogens (tertiary/aromatic N) is 1. The van der Waals surface area contributed by atoms with Crippen LogP contribution in [0.25, 0.3) is 0 Å². The van der Waals surface area contributed by atoms with Crippen LogP contribution in [0.4, 0.5) is 0 Å². The number of hydrogen-bond donors (Lipinski definition) is 1. The summed E-state index contributed by atoms with van der Waals surface area (Å²) in [6, 6.07) is 21.0. The van der Waals surface area contributed by atoms with Crippen LogP contribution in [-0.2, 0) is 22.6 Å². The van der Waals surface area contributed by atoms with Crippen molar-refractivity contribution < 1.29 is 19.1 Å². The number of nitrogens with one attached hydrogen (secondary N) is 1. The molecule has 0 fully saturated rings. The minimum Gasteiger partial charge on any atom is -0.493 e. The lowest BCUT2D eigenvalue weighted by atomic mass is 10.0. The second kappa shape index (κ2) is 12.3. The molecule has 0 aromatic heterocycles. The van der Waals surface area contributed by atoms with Crippen molar-refractivity contribution in [1.82, 2.24) is 10.2 Å². The highest BCUT2D eigenvalue weighted by Crippen LogP contribution is 2.27. The molecule has 0 aliphatic rings. The van der Waals surface area contributed by atoms with E-state index in [2.05, 4.69) is 5.32 Å². The van der Waals surface area contributed by atoms with Crippen LogP contribution >= 0.6 is 23.2 Å². The summed E-state index contributed by atoms with van der Waals surface area (Å²) in [5.74, 6) is 0.307. The molecule has 1 N–H and O–H groups in total. The molecule has 0 heterocycles. The summed E-state index contributed by atoms with van der Waals surface area (Å²) in [6.45, 7) is -0.125. The van der Waals surface area contributed by atoms with E-state index >= 15 is 0 Å². The molecule has 178 valence electrons. The van der Waals surface area contributed by atoms with Gasteiger partial charge in [-0.05, 0) is 35.4 Å². The van der Waals surface area contributed by atoms with Crippen molar-refractivity contribution in [3.63, 3.8) is 0 Å². The Kier molecular flexibility index (Phi) is 9.19. The predicted octanol–water partition coefficient (Wildman–Crippen LogP) is 4.77. The van der Waals surface area contributed by atoms with E-state index < -0.39 is 6.04 Å². The van der Waals surface area contributed by atoms with Crippen LogP contribution in [0.15, 0.2) is 72.8 Å². The fourth-order valence-corrected chi connectivity index (χ4v) is 3.84. The lowest BCUT2D eigenvalue weighted by molar-refractivity contribution is -0.142. The molecule has 3 aromatic rings. The maximum Gasteiger partial charge on any atom is 0.261 e. The van der Waals surface area contributed by atoms with Gasteiger partial charge in [-0.1, -0.05) is 71.7 Å². The molecule has 6 nitrogen and oxygen atoms in total. The Morgan fingerprint density at radius 3 is 2.24 bits per heavy atom. The molecule has 2 amide bonds. The van der Waals surface area contributed by atoms with Crippen LogP contribution < -0.4 is 14.8 Å². The first kappa shape index (κ1) is 25.4. The van der Waals surface area contributed by atoms with Gasteiger partial charge in [0.05, 0.1) is 17.2 Å². The van der Waals surface area contributed by atoms with Crippen molar-refractivity contribution in [2.24, 2.45) is 0 Å². The van der Waals surface area contributed by atoms with Gasteiger partial charge >= 0.3 is 0 Å². The Balaban J connectivity index is 1.90. The van der Waals surface area contributed by atoms with E-state index in [1.165, 1.54) is 12.0 Å². The van der Waals surface area contributed by atoms with Gasteiger partial charge in [0.15, 0.2) is 18.1 Å². The molecular formula is C26H26Cl2N2O4. The van der Waals surface area contributed by atoms with Gasteiger partial charge in [-0.25, -0.2) is 0 Å². The molecule has 3 aromatic carbocycles. The smallest absolute Gasteiger partial charge is 0.261 e. The monoisotopic (exact) mass is 500 g/mol. The SMILES string of the molecule is CNC(=O)[C@H](Cc1ccccc1)N(Cc1ccc(Cl)c(Cl)c1)C(=O)COc1ccccc1OC. The fraction of sp³-hybridized carbons (Fsp3) is 0.231. The van der Waals surface area contributed by atoms with Crippen molar-refractivity contribution >= 4 is 35.0 Å². The van der Waals surface area contributed by atoms with E-state index in [0.29, 0.717) is 28.0 Å². The second-order valence-corrected chi connectivity index (χ2v) is 8.34. The minimum absolute atomic E-state index is 0.149. The number of ether oxygens (including phenoxy) is 2. The van der Waals surface area contributed by atoms with E-state index in [-0.39, 0.29) is 25.0 Å². The molecule has 0 saturated heterocycles. The van der Waals surface area contributed by atoms with Crippen LogP contribution in [0, 0.1) is 0 Å². The van der Waals surface area contributed by atoms with Gasteiger partial charge < -0.3 is 19.7 Å². The van der Waals surface area contributed by atoms with Gasteiger partial charge in [-0.2, -0.15) is 0 Å². The Morgan fingerprint density at radius 2 is 1.59 bits per heavy atom. The number of amides is 2. The Hall–Kier alpha value is -3.22. The van der Waals surface area contributed by atoms with Crippen LogP contribution in [0.1, 0.15) is 11.1 Å². The van der Waals surface area contributed by atoms with E-state index in [1.54, 1.807) is 43.4 Å². The van der Waals surface area contributed by atoms with Crippen molar-refractivity contribution in [3.05, 3.63) is 94.0 Å². The van der Waals surface area contributed by atoms with Crippen LogP contribution in [0.5, 0.6) is 11.5 Å². The predicted molar refractivity (Wildman–Crippen MR) is 134 cm³/mol. The minimum atomic E-state index is -0.768. The lowest BCUT2D eigenvalue weighted by Crippen LogP contribution is -2.51. The third-order valence-electron chi connectivity index (χ3n) is 5.27. The maximum atomic E-state index is 13.4. The number of rotatable bonds is 10. The zero-order valence-electron chi connectivity index (χ0n) is 19.0. The van der Waals surface area contributed by atoms with Crippen molar-refractivity contribution in [2.45, 2.75) is 19.0 Å². The Bertz CT molecular complexity index is 1120. The highest BCUT2D eigenvalue weighted by molar-refractivity contribution is 6.42. The topological polar surface area (TPSA) is 67.9 Å². The molecule has 0 unspecified atom stereocenters. The van der Waals surface area contributed by atoms with Crippen LogP contribution in [0.2, 0.25) is 10.0 Å². The molecule has 0 aliphatic heterocycles. The lowest BCUT2D eigenvalue weighted by Gasteiger charge is -2.31. The molecule has 8 heteroatoms. The van der Waals surface area contributed by atoms with Crippen molar-refractivity contribution in [2.75, 3.05) is 20.8 Å². The highest BCUT2D eigenvalue weighted by atomic mass is 35.5. The van der Waals surface area contributed by atoms with Gasteiger partial charge in [0, 0.05) is 20.0 Å². The molecule has 0 aliphatic carbocycles. The Labute approximate surface area is 209 Å². The third kappa shape index (κ3) is 6.65. The first-order valence-electron chi connectivity index (χ1n) is 10.7. The molecule has 0 bridgehead atoms. The Morgan fingerprint density at radius 1 is 0.912 bits per heavy atom. The van der Waals surface area contributed by atoms with Crippen LogP contribution in [-0.4, -0.2) is 43.5 Å². The quantitative estimate of drug-likeness (QED) is 0.435. The summed E-state index contributed by atoms with van der Waals surface area (Å²) in [5.41, 5.74) is 1.66. The molecule has 3 rings (SSSR count). The first-order chi connectivity index (χ1) is 16.4. The van der Waals surface area contributed by atoms with Gasteiger partial charge in [0.2, 0.25) is 5.91 Å². The van der Waals surface area contributed by atoms with Gasteiger partial charge in [0.25, 0.3) is 5.91 Å². The normalized spacial score (nSPS) is 11.4. The zero-order chi connectivity index (χ0) is 24.5. The maximum absolute atomic E-state index is 13.4. The van der Waals surface area contributed by atoms with Gasteiger partial charge in [-0.15, -0.1) is 0 Å². The number of hydrogen-bond acceptors (Lipinski definition) is 4. The van der Waals surface area contributed by atoms with Gasteiger partial charge in [0.1, 0.15) is 6.04 Å². The first-order valence-corrected chi connectivity index (χ1v) is 11.4. The van der Waals surface area contributed by atoms with E-state index in [9.17, 15) is 9.59 Å². The largest absolute Gasteiger partial charge is 0.493 e. The average molecular weight is 501 g/mol. The van der Waals surface area contributed by atoms with E-state index in [1.807, 2.05) is 36.4 Å². The highest BCUT2D eigenvalue weighted by Gasteiger charge is 2.30. The number of para-hydroxylation sites is 2. The summed E-state index contributed by atoms with van der Waals surface area (Å²) in [6.07, 6.45) is 0.336. The van der Waals surface area contributed by atoms with Crippen molar-refractivity contribution in [1.29, 1.82) is 0 Å². The summed E-state index contributed by atoms with van der Waals surface area (Å²) >= 11 is 12.3. The fourth-order valence-electron chi connectivity index (χ4n) is 3.52. The molecule has 34 heavy (non-hydrogen) atoms. The molecule has 0 spiro atoms. The number of benzene rings is 3. The summed E-state index contributed by atoms with van der Waals surface area (Å²) in [7, 11) is 3.08. The summed E-state index contributed by atoms with van der Waals surface area (Å²) < 4.78 is 11.1. The van der Waals surface area contributed by atoms with Gasteiger partial charge in [-0.3, -0.25) is 9.59 Å². The molecular weight excluding hydrogens is 475 g/mol. The van der Waals surface area contributed by atoms with E-state index in [4.69, 9.17) is 32.7 Å². The van der Waals surface area contributed by atoms with Crippen molar-refractivity contribution in [3.8, 4) is 11.5 Å². The number of likely N-dealkylation sites (N-methyl/N-ethyl adjacent to an activating group) is 1. The number of methoxy groups -OCH3 is 1. The summed E-state index contributed by atoms with van der Waals surface area (Å²) in [5, 5.41) is 3.46. The van der Waals surface area contributed by atoms with Crippen LogP contribution in [0.3, 0.4) is 0 Å².